The number of carbonyl (C=O) groups excluding carboxylic acids is 1. The molecule has 7 nitrogen and oxygen atoms in total. The van der Waals surface area contributed by atoms with Crippen LogP contribution in [0.4, 0.5) is 6.01 Å². The van der Waals surface area contributed by atoms with Crippen LogP contribution >= 0.6 is 11.8 Å². The summed E-state index contributed by atoms with van der Waals surface area (Å²) in [5.74, 6) is 0.180. The molecule has 23 heavy (non-hydrogen) atoms. The van der Waals surface area contributed by atoms with E-state index in [9.17, 15) is 4.79 Å². The Kier molecular flexibility index (Phi) is 4.42. The summed E-state index contributed by atoms with van der Waals surface area (Å²) < 4.78 is 10.2. The zero-order valence-corrected chi connectivity index (χ0v) is 13.3. The van der Waals surface area contributed by atoms with Gasteiger partial charge in [-0.15, -0.1) is 16.9 Å². The highest BCUT2D eigenvalue weighted by atomic mass is 32.2. The number of thioether (sulfide) groups is 1. The van der Waals surface area contributed by atoms with Gasteiger partial charge in [-0.2, -0.15) is 0 Å². The van der Waals surface area contributed by atoms with Crippen LogP contribution in [0.25, 0.3) is 11.7 Å². The van der Waals surface area contributed by atoms with Crippen molar-refractivity contribution in [3.8, 4) is 11.7 Å². The molecule has 0 bridgehead atoms. The van der Waals surface area contributed by atoms with E-state index in [0.717, 1.165) is 4.90 Å². The number of hydrogen-bond donors (Lipinski definition) is 1. The first-order valence-electron chi connectivity index (χ1n) is 6.94. The highest BCUT2D eigenvalue weighted by Gasteiger charge is 2.15. The van der Waals surface area contributed by atoms with Crippen LogP contribution in [0.2, 0.25) is 0 Å². The molecule has 1 N–H and O–H groups in total. The van der Waals surface area contributed by atoms with Crippen LogP contribution in [0.1, 0.15) is 24.2 Å². The highest BCUT2D eigenvalue weighted by molar-refractivity contribution is 7.99. The van der Waals surface area contributed by atoms with Crippen LogP contribution in [0.15, 0.2) is 50.4 Å². The highest BCUT2D eigenvalue weighted by Crippen LogP contribution is 2.24. The fourth-order valence-electron chi connectivity index (χ4n) is 1.85. The Hall–Kier alpha value is -2.61. The van der Waals surface area contributed by atoms with Crippen LogP contribution in [-0.2, 0) is 0 Å². The zero-order valence-electron chi connectivity index (χ0n) is 12.5. The molecule has 0 atom stereocenters. The van der Waals surface area contributed by atoms with E-state index in [1.807, 2.05) is 18.2 Å². The first kappa shape index (κ1) is 15.3. The van der Waals surface area contributed by atoms with Gasteiger partial charge < -0.3 is 8.94 Å². The molecule has 1 amide bonds. The largest absolute Gasteiger partial charge is 0.400 e. The van der Waals surface area contributed by atoms with E-state index in [-0.39, 0.29) is 17.8 Å². The lowest BCUT2D eigenvalue weighted by molar-refractivity contribution is 0.102. The topological polar surface area (TPSA) is 94.1 Å². The van der Waals surface area contributed by atoms with E-state index in [4.69, 9.17) is 8.94 Å². The predicted octanol–water partition coefficient (Wildman–Crippen LogP) is 3.48. The van der Waals surface area contributed by atoms with Gasteiger partial charge in [0, 0.05) is 21.8 Å². The van der Waals surface area contributed by atoms with E-state index in [1.54, 1.807) is 23.9 Å². The average molecular weight is 330 g/mol. The molecule has 118 valence electrons. The SMILES string of the molecule is CC(C)Sc1cccc(C(=O)Nc2nnc(-c3ccno3)o2)c1. The first-order chi connectivity index (χ1) is 11.1. The van der Waals surface area contributed by atoms with Crippen molar-refractivity contribution >= 4 is 23.7 Å². The Bertz CT molecular complexity index is 799. The lowest BCUT2D eigenvalue weighted by atomic mass is 10.2. The number of anilines is 1. The lowest BCUT2D eigenvalue weighted by Gasteiger charge is -2.06. The molecule has 1 aromatic carbocycles. The van der Waals surface area contributed by atoms with Crippen LogP contribution in [0.5, 0.6) is 0 Å². The third kappa shape index (κ3) is 3.78. The summed E-state index contributed by atoms with van der Waals surface area (Å²) in [5.41, 5.74) is 0.523. The maximum Gasteiger partial charge on any atom is 0.322 e. The fourth-order valence-corrected chi connectivity index (χ4v) is 2.75. The van der Waals surface area contributed by atoms with Crippen LogP contribution in [0, 0.1) is 0 Å². The van der Waals surface area contributed by atoms with E-state index < -0.39 is 0 Å². The van der Waals surface area contributed by atoms with Crippen molar-refractivity contribution < 1.29 is 13.7 Å². The second-order valence-corrected chi connectivity index (χ2v) is 6.59. The molecule has 8 heteroatoms. The average Bonchev–Trinajstić information content (AvgIpc) is 3.17. The quantitative estimate of drug-likeness (QED) is 0.716. The minimum atomic E-state index is -0.316. The van der Waals surface area contributed by atoms with Crippen molar-refractivity contribution in [2.75, 3.05) is 5.32 Å². The lowest BCUT2D eigenvalue weighted by Crippen LogP contribution is -2.12. The molecule has 0 saturated heterocycles. The zero-order chi connectivity index (χ0) is 16.2. The van der Waals surface area contributed by atoms with Crippen molar-refractivity contribution in [1.82, 2.24) is 15.4 Å². The van der Waals surface area contributed by atoms with Crippen LogP contribution in [-0.4, -0.2) is 26.5 Å². The second-order valence-electron chi connectivity index (χ2n) is 4.94. The van der Waals surface area contributed by atoms with Crippen LogP contribution in [0.3, 0.4) is 0 Å². The number of amides is 1. The van der Waals surface area contributed by atoms with Gasteiger partial charge in [-0.1, -0.05) is 30.2 Å². The van der Waals surface area contributed by atoms with Gasteiger partial charge in [-0.3, -0.25) is 10.1 Å². The Morgan fingerprint density at radius 2 is 2.13 bits per heavy atom. The van der Waals surface area contributed by atoms with Gasteiger partial charge in [0.2, 0.25) is 5.76 Å². The summed E-state index contributed by atoms with van der Waals surface area (Å²) in [6.45, 7) is 4.20. The number of aromatic nitrogens is 3. The van der Waals surface area contributed by atoms with Gasteiger partial charge in [-0.25, -0.2) is 0 Å². The minimum absolute atomic E-state index is 0.00307. The second kappa shape index (κ2) is 6.66. The number of hydrogen-bond acceptors (Lipinski definition) is 7. The third-order valence-corrected chi connectivity index (χ3v) is 3.76. The fraction of sp³-hybridized carbons (Fsp3) is 0.200. The molecule has 0 saturated carbocycles. The molecule has 0 fully saturated rings. The molecule has 2 heterocycles. The Balaban J connectivity index is 1.72. The predicted molar refractivity (Wildman–Crippen MR) is 85.2 cm³/mol. The third-order valence-electron chi connectivity index (χ3n) is 2.76. The van der Waals surface area contributed by atoms with Crippen molar-refractivity contribution in [1.29, 1.82) is 0 Å². The summed E-state index contributed by atoms with van der Waals surface area (Å²) in [7, 11) is 0. The molecule has 0 aliphatic rings. The number of rotatable bonds is 5. The van der Waals surface area contributed by atoms with Gasteiger partial charge in [-0.05, 0) is 18.2 Å². The molecule has 0 aliphatic heterocycles. The molecule has 2 aromatic heterocycles. The monoisotopic (exact) mass is 330 g/mol. The Morgan fingerprint density at radius 3 is 2.87 bits per heavy atom. The van der Waals surface area contributed by atoms with E-state index in [2.05, 4.69) is 34.5 Å². The molecule has 0 aliphatic carbocycles. The molecule has 0 radical (unpaired) electrons. The van der Waals surface area contributed by atoms with Gasteiger partial charge in [0.15, 0.2) is 0 Å². The van der Waals surface area contributed by atoms with E-state index >= 15 is 0 Å². The molecule has 3 aromatic rings. The molecule has 0 unspecified atom stereocenters. The molecule has 3 rings (SSSR count). The van der Waals surface area contributed by atoms with Crippen molar-refractivity contribution in [2.45, 2.75) is 24.0 Å². The van der Waals surface area contributed by atoms with Gasteiger partial charge >= 0.3 is 6.01 Å². The smallest absolute Gasteiger partial charge is 0.322 e. The Morgan fingerprint density at radius 1 is 1.26 bits per heavy atom. The minimum Gasteiger partial charge on any atom is -0.400 e. The van der Waals surface area contributed by atoms with Crippen molar-refractivity contribution in [2.24, 2.45) is 0 Å². The molecular formula is C15H14N4O3S. The first-order valence-corrected chi connectivity index (χ1v) is 7.82. The number of benzene rings is 1. The van der Waals surface area contributed by atoms with Crippen molar-refractivity contribution in [3.63, 3.8) is 0 Å². The molecular weight excluding hydrogens is 316 g/mol. The van der Waals surface area contributed by atoms with Crippen LogP contribution < -0.4 is 5.32 Å². The number of nitrogens with zero attached hydrogens (tertiary/aromatic N) is 3. The van der Waals surface area contributed by atoms with Gasteiger partial charge in [0.05, 0.1) is 6.20 Å². The number of nitrogens with one attached hydrogen (secondary N) is 1. The van der Waals surface area contributed by atoms with Gasteiger partial charge in [0.25, 0.3) is 11.8 Å². The summed E-state index contributed by atoms with van der Waals surface area (Å²) in [4.78, 5) is 13.3. The summed E-state index contributed by atoms with van der Waals surface area (Å²) >= 11 is 1.69. The summed E-state index contributed by atoms with van der Waals surface area (Å²) in [6, 6.07) is 8.96. The maximum atomic E-state index is 12.3. The molecule has 0 spiro atoms. The normalized spacial score (nSPS) is 10.9. The van der Waals surface area contributed by atoms with E-state index in [1.165, 1.54) is 6.20 Å². The van der Waals surface area contributed by atoms with E-state index in [0.29, 0.717) is 16.6 Å². The van der Waals surface area contributed by atoms with Gasteiger partial charge in [0.1, 0.15) is 0 Å². The summed E-state index contributed by atoms with van der Waals surface area (Å²) in [6.07, 6.45) is 1.47. The summed E-state index contributed by atoms with van der Waals surface area (Å²) in [5, 5.41) is 14.1. The standard InChI is InChI=1S/C15H14N4O3S/c1-9(2)23-11-5-3-4-10(8-11)13(20)17-15-19-18-14(21-15)12-6-7-16-22-12/h3-9H,1-2H3,(H,17,19,20). The van der Waals surface area contributed by atoms with Crippen molar-refractivity contribution in [3.05, 3.63) is 42.1 Å². The number of carbonyl (C=O) groups is 1. The maximum absolute atomic E-state index is 12.3. The Labute approximate surface area is 136 Å².